The Morgan fingerprint density at radius 3 is 2.95 bits per heavy atom. The van der Waals surface area contributed by atoms with Gasteiger partial charge in [0.1, 0.15) is 5.01 Å². The van der Waals surface area contributed by atoms with Crippen LogP contribution in [0.5, 0.6) is 0 Å². The molecule has 1 unspecified atom stereocenters. The second-order valence-corrected chi connectivity index (χ2v) is 5.49. The van der Waals surface area contributed by atoms with Crippen LogP contribution in [-0.4, -0.2) is 33.0 Å². The first-order valence-corrected chi connectivity index (χ1v) is 7.28. The number of carbonyl (C=O) groups excluding carboxylic acids is 1. The van der Waals surface area contributed by atoms with Crippen molar-refractivity contribution >= 4 is 23.2 Å². The van der Waals surface area contributed by atoms with E-state index in [0.29, 0.717) is 5.69 Å². The van der Waals surface area contributed by atoms with Gasteiger partial charge in [-0.05, 0) is 19.1 Å². The van der Waals surface area contributed by atoms with Gasteiger partial charge in [-0.15, -0.1) is 11.3 Å². The van der Waals surface area contributed by atoms with Crippen LogP contribution in [0, 0.1) is 0 Å². The Labute approximate surface area is 125 Å². The van der Waals surface area contributed by atoms with Crippen molar-refractivity contribution in [1.29, 1.82) is 0 Å². The Morgan fingerprint density at radius 2 is 2.29 bits per heavy atom. The first-order chi connectivity index (χ1) is 10.0. The average Bonchev–Trinajstić information content (AvgIpc) is 2.86. The maximum Gasteiger partial charge on any atom is 0.305 e. The Bertz CT molecular complexity index is 627. The van der Waals surface area contributed by atoms with E-state index >= 15 is 0 Å². The molecule has 21 heavy (non-hydrogen) atoms. The van der Waals surface area contributed by atoms with Crippen LogP contribution in [-0.2, 0) is 16.0 Å². The van der Waals surface area contributed by atoms with Gasteiger partial charge in [-0.2, -0.15) is 0 Å². The number of rotatable bonds is 6. The summed E-state index contributed by atoms with van der Waals surface area (Å²) in [5.74, 6) is -1.16. The van der Waals surface area contributed by atoms with Crippen molar-refractivity contribution in [2.45, 2.75) is 25.8 Å². The molecule has 2 N–H and O–H groups in total. The average molecular weight is 305 g/mol. The molecule has 0 spiro atoms. The maximum atomic E-state index is 11.8. The zero-order chi connectivity index (χ0) is 15.2. The first kappa shape index (κ1) is 15.1. The monoisotopic (exact) mass is 305 g/mol. The lowest BCUT2D eigenvalue weighted by Gasteiger charge is -2.10. The van der Waals surface area contributed by atoms with E-state index in [1.165, 1.54) is 11.3 Å². The zero-order valence-electron chi connectivity index (χ0n) is 11.4. The van der Waals surface area contributed by atoms with E-state index in [0.717, 1.165) is 10.6 Å². The van der Waals surface area contributed by atoms with E-state index in [1.807, 2.05) is 17.5 Å². The number of hydrogen-bond donors (Lipinski definition) is 2. The molecule has 0 aliphatic carbocycles. The van der Waals surface area contributed by atoms with Gasteiger partial charge in [-0.3, -0.25) is 14.6 Å². The van der Waals surface area contributed by atoms with Crippen LogP contribution in [0.4, 0.5) is 0 Å². The normalized spacial score (nSPS) is 11.9. The standard InChI is InChI=1S/C14H15N3O3S/c1-9(5-13(19)20)16-12(18)6-11-8-21-14(17-11)10-3-2-4-15-7-10/h2-4,7-9H,5-6H2,1H3,(H,16,18)(H,19,20). The summed E-state index contributed by atoms with van der Waals surface area (Å²) in [5, 5.41) is 13.9. The second-order valence-electron chi connectivity index (χ2n) is 4.63. The number of carboxylic acid groups (broad SMARTS) is 1. The van der Waals surface area contributed by atoms with Gasteiger partial charge >= 0.3 is 5.97 Å². The first-order valence-electron chi connectivity index (χ1n) is 6.40. The molecule has 0 radical (unpaired) electrons. The fraction of sp³-hybridized carbons (Fsp3) is 0.286. The molecule has 0 bridgehead atoms. The predicted molar refractivity (Wildman–Crippen MR) is 78.9 cm³/mol. The van der Waals surface area contributed by atoms with E-state index < -0.39 is 12.0 Å². The third kappa shape index (κ3) is 4.64. The van der Waals surface area contributed by atoms with E-state index in [4.69, 9.17) is 5.11 Å². The molecule has 0 aromatic carbocycles. The van der Waals surface area contributed by atoms with Crippen molar-refractivity contribution in [3.05, 3.63) is 35.6 Å². The molecule has 7 heteroatoms. The minimum absolute atomic E-state index is 0.0935. The molecule has 2 heterocycles. The highest BCUT2D eigenvalue weighted by molar-refractivity contribution is 7.13. The zero-order valence-corrected chi connectivity index (χ0v) is 12.3. The summed E-state index contributed by atoms with van der Waals surface area (Å²) in [6, 6.07) is 3.34. The van der Waals surface area contributed by atoms with E-state index in [1.54, 1.807) is 19.3 Å². The van der Waals surface area contributed by atoms with Crippen molar-refractivity contribution in [2.24, 2.45) is 0 Å². The molecule has 0 saturated heterocycles. The van der Waals surface area contributed by atoms with Gasteiger partial charge in [-0.25, -0.2) is 4.98 Å². The molecule has 6 nitrogen and oxygen atoms in total. The van der Waals surface area contributed by atoms with Crippen LogP contribution in [0.25, 0.3) is 10.6 Å². The maximum absolute atomic E-state index is 11.8. The third-order valence-electron chi connectivity index (χ3n) is 2.69. The molecule has 0 fully saturated rings. The molecular weight excluding hydrogens is 290 g/mol. The molecule has 2 rings (SSSR count). The molecule has 0 aliphatic rings. The van der Waals surface area contributed by atoms with Crippen LogP contribution < -0.4 is 5.32 Å². The number of nitrogens with zero attached hydrogens (tertiary/aromatic N) is 2. The second kappa shape index (κ2) is 6.94. The van der Waals surface area contributed by atoms with Gasteiger partial charge in [0, 0.05) is 29.4 Å². The summed E-state index contributed by atoms with van der Waals surface area (Å²) in [5.41, 5.74) is 1.58. The summed E-state index contributed by atoms with van der Waals surface area (Å²) in [6.45, 7) is 1.66. The summed E-state index contributed by atoms with van der Waals surface area (Å²) in [4.78, 5) is 30.8. The van der Waals surface area contributed by atoms with E-state index in [2.05, 4.69) is 15.3 Å². The molecule has 0 aliphatic heterocycles. The van der Waals surface area contributed by atoms with Crippen LogP contribution in [0.3, 0.4) is 0 Å². The Hall–Kier alpha value is -2.28. The number of carboxylic acids is 1. The highest BCUT2D eigenvalue weighted by Gasteiger charge is 2.13. The molecule has 110 valence electrons. The van der Waals surface area contributed by atoms with Crippen LogP contribution >= 0.6 is 11.3 Å². The predicted octanol–water partition coefficient (Wildman–Crippen LogP) is 1.73. The minimum Gasteiger partial charge on any atom is -0.481 e. The molecule has 0 saturated carbocycles. The fourth-order valence-electron chi connectivity index (χ4n) is 1.81. The quantitative estimate of drug-likeness (QED) is 0.848. The van der Waals surface area contributed by atoms with Gasteiger partial charge in [0.25, 0.3) is 0 Å². The number of thiazole rings is 1. The number of carbonyl (C=O) groups is 2. The van der Waals surface area contributed by atoms with Crippen molar-refractivity contribution in [2.75, 3.05) is 0 Å². The number of amides is 1. The highest BCUT2D eigenvalue weighted by atomic mass is 32.1. The molecular formula is C14H15N3O3S. The van der Waals surface area contributed by atoms with Gasteiger partial charge in [0.2, 0.25) is 5.91 Å². The summed E-state index contributed by atoms with van der Waals surface area (Å²) in [6.07, 6.45) is 3.46. The Balaban J connectivity index is 1.93. The fourth-order valence-corrected chi connectivity index (χ4v) is 2.62. The van der Waals surface area contributed by atoms with E-state index in [9.17, 15) is 9.59 Å². The number of aromatic nitrogens is 2. The summed E-state index contributed by atoms with van der Waals surface area (Å²) < 4.78 is 0. The van der Waals surface area contributed by atoms with Gasteiger partial charge in [0.05, 0.1) is 18.5 Å². The lowest BCUT2D eigenvalue weighted by molar-refractivity contribution is -0.137. The number of pyridine rings is 1. The van der Waals surface area contributed by atoms with Crippen molar-refractivity contribution in [1.82, 2.24) is 15.3 Å². The molecule has 1 amide bonds. The summed E-state index contributed by atoms with van der Waals surface area (Å²) in [7, 11) is 0. The van der Waals surface area contributed by atoms with Gasteiger partial charge in [0.15, 0.2) is 0 Å². The van der Waals surface area contributed by atoms with Crippen LogP contribution in [0.2, 0.25) is 0 Å². The molecule has 1 atom stereocenters. The highest BCUT2D eigenvalue weighted by Crippen LogP contribution is 2.22. The van der Waals surface area contributed by atoms with Gasteiger partial charge < -0.3 is 10.4 Å². The van der Waals surface area contributed by atoms with Crippen LogP contribution in [0.1, 0.15) is 19.0 Å². The number of nitrogens with one attached hydrogen (secondary N) is 1. The summed E-state index contributed by atoms with van der Waals surface area (Å²) >= 11 is 1.45. The van der Waals surface area contributed by atoms with Crippen molar-refractivity contribution < 1.29 is 14.7 Å². The molecule has 2 aromatic rings. The lowest BCUT2D eigenvalue weighted by Crippen LogP contribution is -2.35. The van der Waals surface area contributed by atoms with Crippen molar-refractivity contribution in [3.8, 4) is 10.6 Å². The SMILES string of the molecule is CC(CC(=O)O)NC(=O)Cc1csc(-c2cccnc2)n1. The van der Waals surface area contributed by atoms with Crippen LogP contribution in [0.15, 0.2) is 29.9 Å². The minimum atomic E-state index is -0.935. The lowest BCUT2D eigenvalue weighted by atomic mass is 10.2. The number of aliphatic carboxylic acids is 1. The smallest absolute Gasteiger partial charge is 0.305 e. The Morgan fingerprint density at radius 1 is 1.48 bits per heavy atom. The largest absolute Gasteiger partial charge is 0.481 e. The van der Waals surface area contributed by atoms with E-state index in [-0.39, 0.29) is 18.7 Å². The Kier molecular flexibility index (Phi) is 4.99. The topological polar surface area (TPSA) is 92.2 Å². The van der Waals surface area contributed by atoms with Gasteiger partial charge in [-0.1, -0.05) is 0 Å². The molecule has 2 aromatic heterocycles. The van der Waals surface area contributed by atoms with Crippen molar-refractivity contribution in [3.63, 3.8) is 0 Å². The number of hydrogen-bond acceptors (Lipinski definition) is 5. The third-order valence-corrected chi connectivity index (χ3v) is 3.63.